The molecule has 0 saturated carbocycles. The Morgan fingerprint density at radius 3 is 2.86 bits per heavy atom. The number of H-pyrrole nitrogens is 1. The molecule has 0 spiro atoms. The van der Waals surface area contributed by atoms with Gasteiger partial charge in [0, 0.05) is 6.04 Å². The summed E-state index contributed by atoms with van der Waals surface area (Å²) < 4.78 is 0. The smallest absolute Gasteiger partial charge is 0.164 e. The number of aromatic nitrogens is 3. The summed E-state index contributed by atoms with van der Waals surface area (Å²) in [5.74, 6) is 1.74. The first kappa shape index (κ1) is 9.61. The SMILES string of the molecule is Cc1nc(CNC2CCNCC2)n[nH]1. The highest BCUT2D eigenvalue weighted by atomic mass is 15.2. The van der Waals surface area contributed by atoms with Gasteiger partial charge < -0.3 is 10.6 Å². The molecular weight excluding hydrogens is 178 g/mol. The first-order valence-corrected chi connectivity index (χ1v) is 5.16. The van der Waals surface area contributed by atoms with Gasteiger partial charge in [-0.3, -0.25) is 5.10 Å². The third-order valence-corrected chi connectivity index (χ3v) is 2.53. The van der Waals surface area contributed by atoms with Gasteiger partial charge >= 0.3 is 0 Å². The zero-order valence-corrected chi connectivity index (χ0v) is 8.51. The van der Waals surface area contributed by atoms with E-state index in [-0.39, 0.29) is 0 Å². The molecule has 78 valence electrons. The fourth-order valence-electron chi connectivity index (χ4n) is 1.73. The van der Waals surface area contributed by atoms with E-state index in [2.05, 4.69) is 25.8 Å². The molecule has 0 bridgehead atoms. The predicted octanol–water partition coefficient (Wildman–Crippen LogP) is -0.0453. The molecule has 0 aromatic carbocycles. The highest BCUT2D eigenvalue weighted by Crippen LogP contribution is 2.02. The molecule has 3 N–H and O–H groups in total. The Balaban J connectivity index is 1.76. The largest absolute Gasteiger partial charge is 0.317 e. The molecular formula is C9H17N5. The molecule has 1 aromatic heterocycles. The van der Waals surface area contributed by atoms with Gasteiger partial charge in [-0.05, 0) is 32.9 Å². The summed E-state index contributed by atoms with van der Waals surface area (Å²) in [7, 11) is 0. The average Bonchev–Trinajstić information content (AvgIpc) is 2.63. The molecule has 0 atom stereocenters. The third kappa shape index (κ3) is 2.52. The molecule has 1 aliphatic heterocycles. The fourth-order valence-corrected chi connectivity index (χ4v) is 1.73. The number of aromatic amines is 1. The van der Waals surface area contributed by atoms with E-state index in [1.165, 1.54) is 12.8 Å². The van der Waals surface area contributed by atoms with Crippen LogP contribution in [-0.2, 0) is 6.54 Å². The lowest BCUT2D eigenvalue weighted by Crippen LogP contribution is -2.39. The van der Waals surface area contributed by atoms with E-state index in [0.29, 0.717) is 6.04 Å². The van der Waals surface area contributed by atoms with Crippen LogP contribution in [0, 0.1) is 6.92 Å². The molecule has 1 aliphatic rings. The summed E-state index contributed by atoms with van der Waals surface area (Å²) in [6, 6.07) is 0.620. The Morgan fingerprint density at radius 2 is 2.21 bits per heavy atom. The van der Waals surface area contributed by atoms with Gasteiger partial charge in [-0.25, -0.2) is 4.98 Å². The lowest BCUT2D eigenvalue weighted by atomic mass is 10.1. The molecule has 0 aliphatic carbocycles. The van der Waals surface area contributed by atoms with Gasteiger partial charge in [-0.2, -0.15) is 5.10 Å². The minimum Gasteiger partial charge on any atom is -0.317 e. The number of hydrogen-bond donors (Lipinski definition) is 3. The molecule has 1 fully saturated rings. The maximum atomic E-state index is 4.25. The maximum absolute atomic E-state index is 4.25. The highest BCUT2D eigenvalue weighted by molar-refractivity contribution is 4.88. The lowest BCUT2D eigenvalue weighted by Gasteiger charge is -2.23. The first-order valence-electron chi connectivity index (χ1n) is 5.16. The zero-order chi connectivity index (χ0) is 9.80. The van der Waals surface area contributed by atoms with Gasteiger partial charge in [-0.15, -0.1) is 0 Å². The van der Waals surface area contributed by atoms with Crippen LogP contribution in [0.3, 0.4) is 0 Å². The van der Waals surface area contributed by atoms with Crippen LogP contribution in [0.25, 0.3) is 0 Å². The Labute approximate surface area is 83.7 Å². The minimum atomic E-state index is 0.620. The normalized spacial score (nSPS) is 18.6. The number of hydrogen-bond acceptors (Lipinski definition) is 4. The molecule has 0 amide bonds. The summed E-state index contributed by atoms with van der Waals surface area (Å²) >= 11 is 0. The van der Waals surface area contributed by atoms with Crippen LogP contribution in [-0.4, -0.2) is 34.3 Å². The van der Waals surface area contributed by atoms with E-state index in [4.69, 9.17) is 0 Å². The number of nitrogens with zero attached hydrogens (tertiary/aromatic N) is 2. The minimum absolute atomic E-state index is 0.620. The molecule has 0 radical (unpaired) electrons. The van der Waals surface area contributed by atoms with Crippen molar-refractivity contribution in [2.45, 2.75) is 32.4 Å². The Morgan fingerprint density at radius 1 is 1.43 bits per heavy atom. The van der Waals surface area contributed by atoms with Crippen LogP contribution >= 0.6 is 0 Å². The van der Waals surface area contributed by atoms with Crippen LogP contribution < -0.4 is 10.6 Å². The van der Waals surface area contributed by atoms with Crippen molar-refractivity contribution in [1.82, 2.24) is 25.8 Å². The van der Waals surface area contributed by atoms with Crippen molar-refractivity contribution in [3.05, 3.63) is 11.6 Å². The van der Waals surface area contributed by atoms with E-state index in [0.717, 1.165) is 31.3 Å². The van der Waals surface area contributed by atoms with E-state index in [1.54, 1.807) is 0 Å². The van der Waals surface area contributed by atoms with Crippen LogP contribution in [0.4, 0.5) is 0 Å². The Kier molecular flexibility index (Phi) is 3.10. The Bertz CT molecular complexity index is 276. The van der Waals surface area contributed by atoms with Crippen LogP contribution in [0.2, 0.25) is 0 Å². The van der Waals surface area contributed by atoms with Crippen LogP contribution in [0.5, 0.6) is 0 Å². The fraction of sp³-hybridized carbons (Fsp3) is 0.778. The monoisotopic (exact) mass is 195 g/mol. The van der Waals surface area contributed by atoms with E-state index in [9.17, 15) is 0 Å². The van der Waals surface area contributed by atoms with Gasteiger partial charge in [0.05, 0.1) is 6.54 Å². The van der Waals surface area contributed by atoms with Crippen molar-refractivity contribution >= 4 is 0 Å². The standard InChI is InChI=1S/C9H17N5/c1-7-12-9(14-13-7)6-11-8-2-4-10-5-3-8/h8,10-11H,2-6H2,1H3,(H,12,13,14). The molecule has 2 heterocycles. The second kappa shape index (κ2) is 4.52. The van der Waals surface area contributed by atoms with Crippen LogP contribution in [0.15, 0.2) is 0 Å². The van der Waals surface area contributed by atoms with E-state index in [1.807, 2.05) is 6.92 Å². The van der Waals surface area contributed by atoms with Gasteiger partial charge in [0.25, 0.3) is 0 Å². The van der Waals surface area contributed by atoms with Gasteiger partial charge in [0.1, 0.15) is 5.82 Å². The topological polar surface area (TPSA) is 65.6 Å². The molecule has 14 heavy (non-hydrogen) atoms. The molecule has 5 heteroatoms. The Hall–Kier alpha value is -0.940. The van der Waals surface area contributed by atoms with Crippen molar-refractivity contribution < 1.29 is 0 Å². The van der Waals surface area contributed by atoms with Crippen molar-refractivity contribution in [2.75, 3.05) is 13.1 Å². The summed E-state index contributed by atoms with van der Waals surface area (Å²) in [6.45, 7) is 4.92. The van der Waals surface area contributed by atoms with Crippen LogP contribution in [0.1, 0.15) is 24.5 Å². The van der Waals surface area contributed by atoms with Crippen molar-refractivity contribution in [1.29, 1.82) is 0 Å². The van der Waals surface area contributed by atoms with Crippen molar-refractivity contribution in [2.24, 2.45) is 0 Å². The third-order valence-electron chi connectivity index (χ3n) is 2.53. The second-order valence-electron chi connectivity index (χ2n) is 3.74. The average molecular weight is 195 g/mol. The predicted molar refractivity (Wildman–Crippen MR) is 53.9 cm³/mol. The molecule has 5 nitrogen and oxygen atoms in total. The van der Waals surface area contributed by atoms with E-state index < -0.39 is 0 Å². The highest BCUT2D eigenvalue weighted by Gasteiger charge is 2.12. The summed E-state index contributed by atoms with van der Waals surface area (Å²) in [5, 5.41) is 13.7. The second-order valence-corrected chi connectivity index (χ2v) is 3.74. The van der Waals surface area contributed by atoms with Gasteiger partial charge in [0.15, 0.2) is 5.82 Å². The van der Waals surface area contributed by atoms with Gasteiger partial charge in [0.2, 0.25) is 0 Å². The van der Waals surface area contributed by atoms with Gasteiger partial charge in [-0.1, -0.05) is 0 Å². The molecule has 1 aromatic rings. The maximum Gasteiger partial charge on any atom is 0.164 e. The number of rotatable bonds is 3. The molecule has 2 rings (SSSR count). The van der Waals surface area contributed by atoms with E-state index >= 15 is 0 Å². The molecule has 1 saturated heterocycles. The summed E-state index contributed by atoms with van der Waals surface area (Å²) in [6.07, 6.45) is 2.40. The summed E-state index contributed by atoms with van der Waals surface area (Å²) in [4.78, 5) is 4.25. The van der Waals surface area contributed by atoms with Crippen molar-refractivity contribution in [3.63, 3.8) is 0 Å². The number of aryl methyl sites for hydroxylation is 1. The number of piperidine rings is 1. The quantitative estimate of drug-likeness (QED) is 0.633. The summed E-state index contributed by atoms with van der Waals surface area (Å²) in [5.41, 5.74) is 0. The zero-order valence-electron chi connectivity index (χ0n) is 8.51. The first-order chi connectivity index (χ1) is 6.84. The lowest BCUT2D eigenvalue weighted by molar-refractivity contribution is 0.383. The molecule has 0 unspecified atom stereocenters. The number of nitrogens with one attached hydrogen (secondary N) is 3. The van der Waals surface area contributed by atoms with Crippen molar-refractivity contribution in [3.8, 4) is 0 Å².